The molecule has 34 heavy (non-hydrogen) atoms. The Morgan fingerprint density at radius 2 is 1.88 bits per heavy atom. The number of ether oxygens (including phenoxy) is 1. The molecule has 1 unspecified atom stereocenters. The fourth-order valence-corrected chi connectivity index (χ4v) is 4.58. The predicted octanol–water partition coefficient (Wildman–Crippen LogP) is 4.20. The smallest absolute Gasteiger partial charge is 0.311 e. The Balaban J connectivity index is 1.67. The molecule has 3 aromatic rings. The van der Waals surface area contributed by atoms with Gasteiger partial charge in [-0.25, -0.2) is 0 Å². The third kappa shape index (κ3) is 5.05. The van der Waals surface area contributed by atoms with Crippen LogP contribution in [0.4, 0.5) is 0 Å². The average Bonchev–Trinajstić information content (AvgIpc) is 3.36. The van der Waals surface area contributed by atoms with Crippen LogP contribution in [0.5, 0.6) is 5.75 Å². The molecule has 7 nitrogen and oxygen atoms in total. The molecule has 0 aliphatic carbocycles. The Labute approximate surface area is 198 Å². The first-order chi connectivity index (χ1) is 16.5. The van der Waals surface area contributed by atoms with Crippen LogP contribution in [0.2, 0.25) is 0 Å². The van der Waals surface area contributed by atoms with Gasteiger partial charge in [0.15, 0.2) is 5.84 Å². The summed E-state index contributed by atoms with van der Waals surface area (Å²) in [7, 11) is 0. The van der Waals surface area contributed by atoms with Gasteiger partial charge in [0.25, 0.3) is 0 Å². The lowest BCUT2D eigenvalue weighted by Crippen LogP contribution is -2.21. The van der Waals surface area contributed by atoms with Gasteiger partial charge < -0.3 is 26.1 Å². The summed E-state index contributed by atoms with van der Waals surface area (Å²) < 4.78 is 5.99. The van der Waals surface area contributed by atoms with Gasteiger partial charge in [-0.15, -0.1) is 6.58 Å². The highest BCUT2D eigenvalue weighted by Crippen LogP contribution is 2.38. The van der Waals surface area contributed by atoms with E-state index < -0.39 is 11.9 Å². The van der Waals surface area contributed by atoms with E-state index in [-0.39, 0.29) is 17.9 Å². The van der Waals surface area contributed by atoms with E-state index in [1.165, 1.54) is 0 Å². The van der Waals surface area contributed by atoms with Crippen molar-refractivity contribution >= 4 is 22.6 Å². The highest BCUT2D eigenvalue weighted by Gasteiger charge is 2.30. The van der Waals surface area contributed by atoms with Gasteiger partial charge in [-0.1, -0.05) is 53.7 Å². The highest BCUT2D eigenvalue weighted by molar-refractivity contribution is 6.00. The number of hydrogen-bond acceptors (Lipinski definition) is 5. The number of nitrogens with zero attached hydrogens (tertiary/aromatic N) is 1. The standard InChI is InChI=1S/C27H29N3O4/c1-2-3-24(19-6-4-17-5-7-20(26(28)30-33)15-21(17)14-19)25(27(31)32)18-8-10-22(11-9-18)34-23-12-13-29-16-23/h2,4-11,14-15,23-25,29,33H,1,3,12-13,16H2,(H2,28,30)(H,31,32)/t23-,24?,25+/m0/s1. The Morgan fingerprint density at radius 1 is 1.15 bits per heavy atom. The lowest BCUT2D eigenvalue weighted by Gasteiger charge is -2.25. The minimum absolute atomic E-state index is 0.0223. The number of nitrogens with one attached hydrogen (secondary N) is 1. The zero-order chi connectivity index (χ0) is 24.1. The van der Waals surface area contributed by atoms with Crippen molar-refractivity contribution < 1.29 is 19.8 Å². The monoisotopic (exact) mass is 459 g/mol. The fourth-order valence-electron chi connectivity index (χ4n) is 4.58. The van der Waals surface area contributed by atoms with Crippen molar-refractivity contribution in [3.63, 3.8) is 0 Å². The Hall–Kier alpha value is -3.84. The van der Waals surface area contributed by atoms with Gasteiger partial charge in [0, 0.05) is 18.0 Å². The minimum Gasteiger partial charge on any atom is -0.489 e. The van der Waals surface area contributed by atoms with E-state index in [0.29, 0.717) is 17.5 Å². The molecule has 5 N–H and O–H groups in total. The van der Waals surface area contributed by atoms with Crippen LogP contribution in [-0.4, -0.2) is 41.3 Å². The van der Waals surface area contributed by atoms with E-state index in [9.17, 15) is 9.90 Å². The summed E-state index contributed by atoms with van der Waals surface area (Å²) in [5, 5.41) is 27.4. The van der Waals surface area contributed by atoms with Crippen molar-refractivity contribution in [1.82, 2.24) is 5.32 Å². The molecule has 3 atom stereocenters. The molecule has 0 saturated carbocycles. The number of rotatable bonds is 9. The molecule has 1 aliphatic heterocycles. The zero-order valence-corrected chi connectivity index (χ0v) is 18.9. The maximum Gasteiger partial charge on any atom is 0.311 e. The third-order valence-electron chi connectivity index (χ3n) is 6.34. The minimum atomic E-state index is -0.897. The summed E-state index contributed by atoms with van der Waals surface area (Å²) in [6.45, 7) is 5.63. The summed E-state index contributed by atoms with van der Waals surface area (Å²) in [6, 6.07) is 18.8. The summed E-state index contributed by atoms with van der Waals surface area (Å²) in [5.74, 6) is -1.22. The van der Waals surface area contributed by atoms with Crippen molar-refractivity contribution in [2.24, 2.45) is 10.9 Å². The number of fused-ring (bicyclic) bond motifs is 1. The highest BCUT2D eigenvalue weighted by atomic mass is 16.5. The van der Waals surface area contributed by atoms with E-state index in [1.54, 1.807) is 12.1 Å². The molecule has 0 aromatic heterocycles. The number of carboxylic acid groups (broad SMARTS) is 1. The molecule has 4 rings (SSSR count). The van der Waals surface area contributed by atoms with Crippen LogP contribution in [0.3, 0.4) is 0 Å². The Bertz CT molecular complexity index is 1200. The van der Waals surface area contributed by atoms with Crippen molar-refractivity contribution in [2.45, 2.75) is 30.8 Å². The first kappa shape index (κ1) is 23.3. The van der Waals surface area contributed by atoms with E-state index in [0.717, 1.165) is 41.6 Å². The largest absolute Gasteiger partial charge is 0.489 e. The molecule has 3 aromatic carbocycles. The molecule has 0 bridgehead atoms. The van der Waals surface area contributed by atoms with Gasteiger partial charge in [0.05, 0.1) is 5.92 Å². The van der Waals surface area contributed by atoms with E-state index in [2.05, 4.69) is 17.1 Å². The summed E-state index contributed by atoms with van der Waals surface area (Å²) >= 11 is 0. The molecule has 176 valence electrons. The fraction of sp³-hybridized carbons (Fsp3) is 0.259. The zero-order valence-electron chi connectivity index (χ0n) is 18.9. The van der Waals surface area contributed by atoms with Crippen LogP contribution < -0.4 is 15.8 Å². The Kier molecular flexibility index (Phi) is 7.13. The number of allylic oxidation sites excluding steroid dienone is 1. The first-order valence-corrected chi connectivity index (χ1v) is 11.3. The molecule has 1 aliphatic rings. The van der Waals surface area contributed by atoms with Gasteiger partial charge in [-0.3, -0.25) is 4.79 Å². The van der Waals surface area contributed by atoms with Crippen molar-refractivity contribution in [1.29, 1.82) is 0 Å². The van der Waals surface area contributed by atoms with Crippen molar-refractivity contribution in [3.05, 3.63) is 90.0 Å². The normalized spacial score (nSPS) is 17.9. The third-order valence-corrected chi connectivity index (χ3v) is 6.34. The van der Waals surface area contributed by atoms with Gasteiger partial charge in [-0.05, 0) is 59.5 Å². The first-order valence-electron chi connectivity index (χ1n) is 11.3. The van der Waals surface area contributed by atoms with Crippen LogP contribution in [0.1, 0.15) is 41.4 Å². The topological polar surface area (TPSA) is 117 Å². The maximum atomic E-state index is 12.5. The maximum absolute atomic E-state index is 12.5. The number of aliphatic carboxylic acids is 1. The number of carbonyl (C=O) groups is 1. The van der Waals surface area contributed by atoms with Gasteiger partial charge in [-0.2, -0.15) is 0 Å². The van der Waals surface area contributed by atoms with Crippen LogP contribution in [-0.2, 0) is 4.79 Å². The number of carboxylic acids is 1. The van der Waals surface area contributed by atoms with Crippen molar-refractivity contribution in [2.75, 3.05) is 13.1 Å². The van der Waals surface area contributed by atoms with E-state index in [4.69, 9.17) is 15.7 Å². The van der Waals surface area contributed by atoms with Crippen LogP contribution in [0.15, 0.2) is 78.5 Å². The van der Waals surface area contributed by atoms with Gasteiger partial charge in [0.1, 0.15) is 11.9 Å². The molecule has 1 saturated heterocycles. The van der Waals surface area contributed by atoms with Crippen molar-refractivity contribution in [3.8, 4) is 5.75 Å². The van der Waals surface area contributed by atoms with Gasteiger partial charge in [0.2, 0.25) is 0 Å². The molecule has 0 amide bonds. The second-order valence-corrected chi connectivity index (χ2v) is 8.56. The second kappa shape index (κ2) is 10.4. The molecule has 0 spiro atoms. The van der Waals surface area contributed by atoms with E-state index in [1.807, 2.05) is 54.6 Å². The van der Waals surface area contributed by atoms with E-state index >= 15 is 0 Å². The Morgan fingerprint density at radius 3 is 2.53 bits per heavy atom. The quantitative estimate of drug-likeness (QED) is 0.125. The van der Waals surface area contributed by atoms with Gasteiger partial charge >= 0.3 is 5.97 Å². The second-order valence-electron chi connectivity index (χ2n) is 8.56. The number of amidine groups is 1. The molecule has 1 fully saturated rings. The molecule has 7 heteroatoms. The number of hydrogen-bond donors (Lipinski definition) is 4. The number of oxime groups is 1. The summed E-state index contributed by atoms with van der Waals surface area (Å²) in [5.41, 5.74) is 7.94. The van der Waals surface area contributed by atoms with Crippen LogP contribution in [0.25, 0.3) is 10.8 Å². The lowest BCUT2D eigenvalue weighted by atomic mass is 9.79. The molecule has 0 radical (unpaired) electrons. The molecular formula is C27H29N3O4. The lowest BCUT2D eigenvalue weighted by molar-refractivity contribution is -0.139. The summed E-state index contributed by atoms with van der Waals surface area (Å²) in [4.78, 5) is 12.5. The summed E-state index contributed by atoms with van der Waals surface area (Å²) in [6.07, 6.45) is 3.35. The molecular weight excluding hydrogens is 430 g/mol. The SMILES string of the molecule is C=CCC(c1ccc2ccc(C(N)=NO)cc2c1)[C@H](C(=O)O)c1ccc(O[C@H]2CCNC2)cc1. The van der Waals surface area contributed by atoms with Crippen LogP contribution in [0, 0.1) is 0 Å². The number of benzene rings is 3. The molecule has 1 heterocycles. The van der Waals surface area contributed by atoms with Crippen LogP contribution >= 0.6 is 0 Å². The predicted molar refractivity (Wildman–Crippen MR) is 133 cm³/mol. The number of nitrogens with two attached hydrogens (primary N) is 1. The average molecular weight is 460 g/mol.